The van der Waals surface area contributed by atoms with Crippen molar-refractivity contribution >= 4 is 15.8 Å². The van der Waals surface area contributed by atoms with Crippen LogP contribution in [0.15, 0.2) is 59.5 Å². The van der Waals surface area contributed by atoms with Crippen LogP contribution in [0.1, 0.15) is 57.6 Å². The van der Waals surface area contributed by atoms with Gasteiger partial charge in [0.25, 0.3) is 0 Å². The van der Waals surface area contributed by atoms with Crippen LogP contribution in [0.2, 0.25) is 0 Å². The fourth-order valence-electron chi connectivity index (χ4n) is 5.30. The van der Waals surface area contributed by atoms with Gasteiger partial charge in [-0.1, -0.05) is 63.2 Å². The summed E-state index contributed by atoms with van der Waals surface area (Å²) in [5.74, 6) is 0.575. The molecule has 1 saturated carbocycles. The summed E-state index contributed by atoms with van der Waals surface area (Å²) in [7, 11) is -3.57. The van der Waals surface area contributed by atoms with Crippen molar-refractivity contribution in [2.45, 2.75) is 63.2 Å². The number of rotatable bonds is 4. The third-order valence-corrected chi connectivity index (χ3v) is 9.08. The first-order chi connectivity index (χ1) is 14.6. The van der Waals surface area contributed by atoms with E-state index in [2.05, 4.69) is 32.9 Å². The molecule has 0 aromatic heterocycles. The Hall–Kier alpha value is -1.98. The van der Waals surface area contributed by atoms with Gasteiger partial charge in [-0.15, -0.1) is 0 Å². The summed E-state index contributed by atoms with van der Waals surface area (Å²) >= 11 is 0. The number of Topliss-reactive ketones (excluding diaryl/α,β-unsaturated/α-hetero) is 1. The zero-order valence-electron chi connectivity index (χ0n) is 18.8. The van der Waals surface area contributed by atoms with Crippen LogP contribution in [-0.4, -0.2) is 31.6 Å². The average molecular weight is 440 g/mol. The molecular formula is C26H33NO3S. The molecule has 4 nitrogen and oxygen atoms in total. The minimum Gasteiger partial charge on any atom is -0.300 e. The molecule has 4 rings (SSSR count). The van der Waals surface area contributed by atoms with Crippen molar-refractivity contribution in [3.05, 3.63) is 65.7 Å². The fourth-order valence-corrected chi connectivity index (χ4v) is 6.86. The molecule has 31 heavy (non-hydrogen) atoms. The van der Waals surface area contributed by atoms with E-state index in [1.54, 1.807) is 16.4 Å². The molecular weight excluding hydrogens is 406 g/mol. The number of piperidine rings is 1. The number of benzene rings is 2. The highest BCUT2D eigenvalue weighted by Crippen LogP contribution is 2.48. The van der Waals surface area contributed by atoms with Crippen LogP contribution in [0.5, 0.6) is 0 Å². The molecule has 5 heteroatoms. The number of hydrogen-bond donors (Lipinski definition) is 0. The molecule has 1 aliphatic carbocycles. The van der Waals surface area contributed by atoms with Crippen LogP contribution in [0, 0.1) is 11.3 Å². The molecule has 2 aliphatic rings. The molecule has 1 saturated heterocycles. The van der Waals surface area contributed by atoms with Crippen LogP contribution in [0.3, 0.4) is 0 Å². The molecule has 0 bridgehead atoms. The first kappa shape index (κ1) is 22.2. The minimum atomic E-state index is -3.57. The molecule has 1 aliphatic heterocycles. The van der Waals surface area contributed by atoms with E-state index in [0.29, 0.717) is 36.6 Å². The van der Waals surface area contributed by atoms with Crippen molar-refractivity contribution in [1.29, 1.82) is 0 Å². The minimum absolute atomic E-state index is 0.0188. The summed E-state index contributed by atoms with van der Waals surface area (Å²) in [6, 6.07) is 17.6. The van der Waals surface area contributed by atoms with Crippen molar-refractivity contribution in [2.75, 3.05) is 13.1 Å². The summed E-state index contributed by atoms with van der Waals surface area (Å²) in [4.78, 5) is 12.6. The Morgan fingerprint density at radius 3 is 2.35 bits per heavy atom. The Balaban J connectivity index is 1.63. The number of ketones is 1. The van der Waals surface area contributed by atoms with Crippen LogP contribution in [0.25, 0.3) is 0 Å². The largest absolute Gasteiger partial charge is 0.300 e. The zero-order chi connectivity index (χ0) is 22.3. The van der Waals surface area contributed by atoms with E-state index in [9.17, 15) is 13.2 Å². The van der Waals surface area contributed by atoms with E-state index in [1.807, 2.05) is 30.3 Å². The van der Waals surface area contributed by atoms with Crippen LogP contribution in [0.4, 0.5) is 0 Å². The van der Waals surface area contributed by atoms with Crippen molar-refractivity contribution < 1.29 is 13.2 Å². The van der Waals surface area contributed by atoms with Gasteiger partial charge < -0.3 is 0 Å². The van der Waals surface area contributed by atoms with E-state index in [0.717, 1.165) is 24.8 Å². The van der Waals surface area contributed by atoms with Crippen molar-refractivity contribution in [1.82, 2.24) is 4.31 Å². The van der Waals surface area contributed by atoms with Gasteiger partial charge in [0.1, 0.15) is 5.78 Å². The number of nitrogens with zero attached hydrogens (tertiary/aromatic N) is 1. The van der Waals surface area contributed by atoms with E-state index in [-0.39, 0.29) is 16.7 Å². The topological polar surface area (TPSA) is 54.5 Å². The summed E-state index contributed by atoms with van der Waals surface area (Å²) in [6.07, 6.45) is 3.47. The lowest BCUT2D eigenvalue weighted by molar-refractivity contribution is -0.126. The zero-order valence-corrected chi connectivity index (χ0v) is 19.6. The highest BCUT2D eigenvalue weighted by atomic mass is 32.2. The Bertz CT molecular complexity index is 1040. The summed E-state index contributed by atoms with van der Waals surface area (Å²) < 4.78 is 28.8. The first-order valence-corrected chi connectivity index (χ1v) is 12.7. The molecule has 1 unspecified atom stereocenters. The van der Waals surface area contributed by atoms with Crippen molar-refractivity contribution in [3.63, 3.8) is 0 Å². The molecule has 166 valence electrons. The predicted molar refractivity (Wildman–Crippen MR) is 123 cm³/mol. The lowest BCUT2D eigenvalue weighted by Gasteiger charge is -2.50. The summed E-state index contributed by atoms with van der Waals surface area (Å²) in [5.41, 5.74) is 2.15. The highest BCUT2D eigenvalue weighted by molar-refractivity contribution is 7.89. The first-order valence-electron chi connectivity index (χ1n) is 11.3. The second-order valence-electron chi connectivity index (χ2n) is 10.4. The van der Waals surface area contributed by atoms with Gasteiger partial charge in [-0.25, -0.2) is 8.42 Å². The molecule has 1 heterocycles. The number of carbonyl (C=O) groups excluding carboxylic acids is 1. The second kappa shape index (κ2) is 8.18. The average Bonchev–Trinajstić information content (AvgIpc) is 2.74. The van der Waals surface area contributed by atoms with Crippen LogP contribution in [-0.2, 0) is 26.7 Å². The van der Waals surface area contributed by atoms with Gasteiger partial charge in [-0.05, 0) is 59.3 Å². The molecule has 0 amide bonds. The highest BCUT2D eigenvalue weighted by Gasteiger charge is 2.49. The second-order valence-corrected chi connectivity index (χ2v) is 12.3. The maximum absolute atomic E-state index is 13.5. The molecule has 0 spiro atoms. The van der Waals surface area contributed by atoms with Gasteiger partial charge >= 0.3 is 0 Å². The predicted octanol–water partition coefficient (Wildman–Crippen LogP) is 4.98. The smallest absolute Gasteiger partial charge is 0.243 e. The molecule has 2 aromatic rings. The number of carbonyl (C=O) groups is 1. The van der Waals surface area contributed by atoms with Crippen molar-refractivity contribution in [2.24, 2.45) is 11.3 Å². The third kappa shape index (κ3) is 4.49. The lowest BCUT2D eigenvalue weighted by Crippen LogP contribution is -2.54. The molecule has 2 fully saturated rings. The molecule has 0 N–H and O–H groups in total. The molecule has 2 atom stereocenters. The number of fused-ring (bicyclic) bond motifs is 1. The Kier molecular flexibility index (Phi) is 5.86. The summed E-state index contributed by atoms with van der Waals surface area (Å²) in [5, 5.41) is 0. The molecule has 0 radical (unpaired) electrons. The van der Waals surface area contributed by atoms with Crippen LogP contribution < -0.4 is 0 Å². The molecule has 2 aromatic carbocycles. The lowest BCUT2D eigenvalue weighted by atomic mass is 9.60. The Morgan fingerprint density at radius 2 is 1.71 bits per heavy atom. The van der Waals surface area contributed by atoms with E-state index < -0.39 is 10.0 Å². The van der Waals surface area contributed by atoms with E-state index in [4.69, 9.17) is 0 Å². The van der Waals surface area contributed by atoms with Crippen molar-refractivity contribution in [3.8, 4) is 0 Å². The van der Waals surface area contributed by atoms with Gasteiger partial charge in [0.2, 0.25) is 10.0 Å². The number of hydrogen-bond acceptors (Lipinski definition) is 3. The maximum Gasteiger partial charge on any atom is 0.243 e. The quantitative estimate of drug-likeness (QED) is 0.675. The van der Waals surface area contributed by atoms with Gasteiger partial charge in [0, 0.05) is 25.9 Å². The SMILES string of the molecule is CC(C)(C)c1ccc(S(=O)(=O)N2CC[C@H]3CC(=O)CCC3(Cc3ccccc3)C2)cc1. The van der Waals surface area contributed by atoms with Gasteiger partial charge in [-0.2, -0.15) is 4.31 Å². The fraction of sp³-hybridized carbons (Fsp3) is 0.500. The maximum atomic E-state index is 13.5. The van der Waals surface area contributed by atoms with Crippen LogP contribution >= 0.6 is 0 Å². The Morgan fingerprint density at radius 1 is 1.03 bits per heavy atom. The summed E-state index contributed by atoms with van der Waals surface area (Å²) in [6.45, 7) is 7.35. The Labute approximate surface area is 186 Å². The monoisotopic (exact) mass is 439 g/mol. The van der Waals surface area contributed by atoms with Gasteiger partial charge in [0.15, 0.2) is 0 Å². The standard InChI is InChI=1S/C26H33NO3S/c1-25(2,3)21-9-11-24(12-10-21)31(29,30)27-16-14-22-17-23(28)13-15-26(22,19-27)18-20-7-5-4-6-8-20/h4-12,22H,13-19H2,1-3H3/t22-,26?/m0/s1. The van der Waals surface area contributed by atoms with E-state index >= 15 is 0 Å². The third-order valence-electron chi connectivity index (χ3n) is 7.22. The normalized spacial score (nSPS) is 25.3. The van der Waals surface area contributed by atoms with E-state index in [1.165, 1.54) is 5.56 Å². The number of sulfonamides is 1. The van der Waals surface area contributed by atoms with Gasteiger partial charge in [-0.3, -0.25) is 4.79 Å². The van der Waals surface area contributed by atoms with Gasteiger partial charge in [0.05, 0.1) is 4.90 Å².